The van der Waals surface area contributed by atoms with Gasteiger partial charge in [0.2, 0.25) is 0 Å². The van der Waals surface area contributed by atoms with Crippen molar-refractivity contribution < 1.29 is 0 Å². The van der Waals surface area contributed by atoms with Gasteiger partial charge in [0.15, 0.2) is 0 Å². The van der Waals surface area contributed by atoms with Crippen molar-refractivity contribution in [3.05, 3.63) is 16.4 Å². The van der Waals surface area contributed by atoms with Crippen LogP contribution in [0, 0.1) is 22.0 Å². The molecule has 1 rings (SSSR count). The Balaban J connectivity index is 3.33. The normalized spacial score (nSPS) is 9.86. The lowest BCUT2D eigenvalue weighted by Gasteiger charge is -2.02. The molecule has 0 aliphatic heterocycles. The number of thiocyanates is 1. The van der Waals surface area contributed by atoms with E-state index in [-0.39, 0.29) is 5.92 Å². The average molecular weight is 226 g/mol. The maximum Gasteiger partial charge on any atom is 0.138 e. The second kappa shape index (κ2) is 4.41. The van der Waals surface area contributed by atoms with Crippen molar-refractivity contribution in [2.75, 3.05) is 0 Å². The van der Waals surface area contributed by atoms with Crippen LogP contribution in [0.4, 0.5) is 0 Å². The summed E-state index contributed by atoms with van der Waals surface area (Å²) in [4.78, 5) is 3.57. The number of aromatic amines is 1. The molecule has 1 aromatic heterocycles. The summed E-state index contributed by atoms with van der Waals surface area (Å²) in [5, 5.41) is 19.7. The van der Waals surface area contributed by atoms with E-state index < -0.39 is 0 Å². The molecule has 1 N–H and O–H groups in total. The third-order valence-electron chi connectivity index (χ3n) is 1.77. The first kappa shape index (κ1) is 11.0. The number of nitriles is 2. The molecule has 0 aliphatic rings. The van der Waals surface area contributed by atoms with E-state index in [0.29, 0.717) is 15.6 Å². The number of halogens is 1. The summed E-state index contributed by atoms with van der Waals surface area (Å²) in [5.41, 5.74) is 1.21. The van der Waals surface area contributed by atoms with E-state index in [1.54, 1.807) is 0 Å². The Hall–Kier alpha value is -1.10. The topological polar surface area (TPSA) is 63.4 Å². The maximum atomic E-state index is 8.84. The lowest BCUT2D eigenvalue weighted by Crippen LogP contribution is -1.89. The minimum Gasteiger partial charge on any atom is -0.347 e. The second-order valence-electron chi connectivity index (χ2n) is 3.02. The fraction of sp³-hybridized carbons (Fsp3) is 0.333. The molecule has 14 heavy (non-hydrogen) atoms. The van der Waals surface area contributed by atoms with E-state index in [1.165, 1.54) is 0 Å². The largest absolute Gasteiger partial charge is 0.347 e. The molecule has 0 spiro atoms. The summed E-state index contributed by atoms with van der Waals surface area (Å²) >= 11 is 6.80. The van der Waals surface area contributed by atoms with Crippen molar-refractivity contribution in [1.82, 2.24) is 4.98 Å². The number of thioether (sulfide) groups is 1. The number of aromatic nitrogens is 1. The quantitative estimate of drug-likeness (QED) is 0.621. The van der Waals surface area contributed by atoms with Crippen LogP contribution in [0.25, 0.3) is 0 Å². The smallest absolute Gasteiger partial charge is 0.138 e. The molecule has 0 radical (unpaired) electrons. The van der Waals surface area contributed by atoms with Crippen molar-refractivity contribution in [3.8, 4) is 11.5 Å². The molecule has 1 heterocycles. The molecule has 0 aliphatic carbocycles. The predicted molar refractivity (Wildman–Crippen MR) is 56.1 cm³/mol. The number of H-pyrrole nitrogens is 1. The van der Waals surface area contributed by atoms with Crippen LogP contribution in [0.2, 0.25) is 5.15 Å². The van der Waals surface area contributed by atoms with Gasteiger partial charge in [0.1, 0.15) is 22.2 Å². The Morgan fingerprint density at radius 2 is 2.07 bits per heavy atom. The van der Waals surface area contributed by atoms with Crippen LogP contribution in [0.5, 0.6) is 0 Å². The van der Waals surface area contributed by atoms with Gasteiger partial charge in [0.05, 0.1) is 4.90 Å². The van der Waals surface area contributed by atoms with Crippen LogP contribution in [0.1, 0.15) is 31.0 Å². The summed E-state index contributed by atoms with van der Waals surface area (Å²) in [5.74, 6) is 0.213. The van der Waals surface area contributed by atoms with Gasteiger partial charge in [-0.05, 0) is 17.7 Å². The van der Waals surface area contributed by atoms with Gasteiger partial charge in [0, 0.05) is 5.69 Å². The molecular weight excluding hydrogens is 218 g/mol. The SMILES string of the molecule is CC(C)c1[nH]c(Cl)c(C#N)c1SC#N. The van der Waals surface area contributed by atoms with E-state index in [1.807, 2.05) is 25.3 Å². The van der Waals surface area contributed by atoms with Gasteiger partial charge in [-0.25, -0.2) is 0 Å². The van der Waals surface area contributed by atoms with Crippen LogP contribution in [-0.2, 0) is 0 Å². The zero-order chi connectivity index (χ0) is 10.7. The van der Waals surface area contributed by atoms with Crippen LogP contribution in [0.15, 0.2) is 4.90 Å². The van der Waals surface area contributed by atoms with E-state index in [0.717, 1.165) is 17.5 Å². The third-order valence-corrected chi connectivity index (χ3v) is 2.78. The highest BCUT2D eigenvalue weighted by atomic mass is 35.5. The van der Waals surface area contributed by atoms with Crippen molar-refractivity contribution in [2.24, 2.45) is 0 Å². The molecule has 0 bridgehead atoms. The number of nitrogens with one attached hydrogen (secondary N) is 1. The first-order chi connectivity index (χ1) is 6.61. The monoisotopic (exact) mass is 225 g/mol. The highest BCUT2D eigenvalue weighted by Gasteiger charge is 2.18. The molecule has 0 atom stereocenters. The van der Waals surface area contributed by atoms with E-state index in [2.05, 4.69) is 4.98 Å². The number of rotatable bonds is 2. The molecule has 3 nitrogen and oxygen atoms in total. The number of hydrogen-bond donors (Lipinski definition) is 1. The van der Waals surface area contributed by atoms with Gasteiger partial charge in [0.25, 0.3) is 0 Å². The molecule has 5 heteroatoms. The van der Waals surface area contributed by atoms with Gasteiger partial charge in [-0.2, -0.15) is 10.5 Å². The Bertz CT molecular complexity index is 422. The highest BCUT2D eigenvalue weighted by molar-refractivity contribution is 8.03. The Morgan fingerprint density at radius 1 is 1.43 bits per heavy atom. The maximum absolute atomic E-state index is 8.84. The van der Waals surface area contributed by atoms with Gasteiger partial charge >= 0.3 is 0 Å². The average Bonchev–Trinajstić information content (AvgIpc) is 2.43. The minimum atomic E-state index is 0.213. The van der Waals surface area contributed by atoms with Crippen molar-refractivity contribution in [3.63, 3.8) is 0 Å². The van der Waals surface area contributed by atoms with E-state index >= 15 is 0 Å². The molecule has 0 saturated heterocycles. The summed E-state index contributed by atoms with van der Waals surface area (Å²) < 4.78 is 0. The van der Waals surface area contributed by atoms with Crippen molar-refractivity contribution in [2.45, 2.75) is 24.7 Å². The summed E-state index contributed by atoms with van der Waals surface area (Å²) in [6.45, 7) is 3.95. The third kappa shape index (κ3) is 1.87. The first-order valence-corrected chi connectivity index (χ1v) is 5.18. The fourth-order valence-corrected chi connectivity index (χ4v) is 2.16. The van der Waals surface area contributed by atoms with Crippen molar-refractivity contribution >= 4 is 23.4 Å². The molecule has 0 amide bonds. The van der Waals surface area contributed by atoms with Gasteiger partial charge in [-0.3, -0.25) is 0 Å². The standard InChI is InChI=1S/C9H8ClN3S/c1-5(2)7-8(14-4-12)6(3-11)9(10)13-7/h5,13H,1-2H3. The van der Waals surface area contributed by atoms with Gasteiger partial charge in [-0.15, -0.1) is 0 Å². The zero-order valence-electron chi connectivity index (χ0n) is 7.76. The summed E-state index contributed by atoms with van der Waals surface area (Å²) in [6, 6.07) is 1.99. The Morgan fingerprint density at radius 3 is 2.50 bits per heavy atom. The van der Waals surface area contributed by atoms with Crippen LogP contribution >= 0.6 is 23.4 Å². The van der Waals surface area contributed by atoms with Gasteiger partial charge in [-0.1, -0.05) is 25.4 Å². The van der Waals surface area contributed by atoms with E-state index in [9.17, 15) is 0 Å². The van der Waals surface area contributed by atoms with Gasteiger partial charge < -0.3 is 4.98 Å². The van der Waals surface area contributed by atoms with Crippen molar-refractivity contribution in [1.29, 1.82) is 10.5 Å². The minimum absolute atomic E-state index is 0.213. The molecule has 0 fully saturated rings. The van der Waals surface area contributed by atoms with E-state index in [4.69, 9.17) is 22.1 Å². The Labute approximate surface area is 91.7 Å². The highest BCUT2D eigenvalue weighted by Crippen LogP contribution is 2.34. The molecular formula is C9H8ClN3S. The molecule has 0 saturated carbocycles. The molecule has 0 aromatic carbocycles. The first-order valence-electron chi connectivity index (χ1n) is 3.99. The molecule has 0 unspecified atom stereocenters. The lowest BCUT2D eigenvalue weighted by molar-refractivity contribution is 0.811. The molecule has 72 valence electrons. The molecule has 1 aromatic rings. The van der Waals surface area contributed by atoms with Crippen LogP contribution < -0.4 is 0 Å². The Kier molecular flexibility index (Phi) is 3.46. The zero-order valence-corrected chi connectivity index (χ0v) is 9.33. The lowest BCUT2D eigenvalue weighted by atomic mass is 10.1. The number of nitrogens with zero attached hydrogens (tertiary/aromatic N) is 2. The van der Waals surface area contributed by atoms with Crippen LogP contribution in [-0.4, -0.2) is 4.98 Å². The van der Waals surface area contributed by atoms with Crippen LogP contribution in [0.3, 0.4) is 0 Å². The predicted octanol–water partition coefficient (Wildman–Crippen LogP) is 3.24. The fourth-order valence-electron chi connectivity index (χ4n) is 1.13. The number of hydrogen-bond acceptors (Lipinski definition) is 3. The second-order valence-corrected chi connectivity index (χ2v) is 4.19. The summed E-state index contributed by atoms with van der Waals surface area (Å²) in [7, 11) is 0. The summed E-state index contributed by atoms with van der Waals surface area (Å²) in [6.07, 6.45) is 0.